The molecule has 21 heavy (non-hydrogen) atoms. The van der Waals surface area contributed by atoms with E-state index in [4.69, 9.17) is 4.74 Å². The zero-order chi connectivity index (χ0) is 15.5. The Balaban J connectivity index is 2.01. The van der Waals surface area contributed by atoms with Crippen molar-refractivity contribution in [2.24, 2.45) is 11.8 Å². The first-order valence-corrected chi connectivity index (χ1v) is 7.83. The molecule has 1 heterocycles. The number of rotatable bonds is 6. The molecule has 1 aliphatic heterocycles. The highest BCUT2D eigenvalue weighted by atomic mass is 19.3. The molecule has 1 saturated heterocycles. The second-order valence-corrected chi connectivity index (χ2v) is 6.70. The molecule has 0 spiro atoms. The Kier molecular flexibility index (Phi) is 5.41. The second-order valence-electron chi connectivity index (χ2n) is 6.70. The van der Waals surface area contributed by atoms with Crippen LogP contribution in [0.5, 0.6) is 0 Å². The molecule has 2 N–H and O–H groups in total. The number of carbonyl (C=O) groups is 1. The Morgan fingerprint density at radius 3 is 2.57 bits per heavy atom. The summed E-state index contributed by atoms with van der Waals surface area (Å²) in [6.45, 7) is 1.81. The lowest BCUT2D eigenvalue weighted by molar-refractivity contribution is -0.0431. The first-order valence-electron chi connectivity index (χ1n) is 7.83. The SMILES string of the molecule is CC(C[C@@]1(CC2CCCCC2)COC(=O)N1)[C@@H](O)C(F)F. The van der Waals surface area contributed by atoms with Crippen molar-refractivity contribution in [3.05, 3.63) is 0 Å². The first-order chi connectivity index (χ1) is 9.92. The van der Waals surface area contributed by atoms with Crippen LogP contribution in [0.3, 0.4) is 0 Å². The van der Waals surface area contributed by atoms with Crippen molar-refractivity contribution in [3.8, 4) is 0 Å². The fourth-order valence-electron chi connectivity index (χ4n) is 3.72. The summed E-state index contributed by atoms with van der Waals surface area (Å²) < 4.78 is 30.3. The zero-order valence-corrected chi connectivity index (χ0v) is 12.5. The molecule has 3 atom stereocenters. The fraction of sp³-hybridized carbons (Fsp3) is 0.933. The molecule has 0 aromatic heterocycles. The number of halogens is 2. The van der Waals surface area contributed by atoms with E-state index in [9.17, 15) is 18.7 Å². The maximum Gasteiger partial charge on any atom is 0.407 e. The van der Waals surface area contributed by atoms with Gasteiger partial charge in [-0.05, 0) is 24.7 Å². The predicted octanol–water partition coefficient (Wildman–Crippen LogP) is 3.09. The van der Waals surface area contributed by atoms with Crippen LogP contribution in [-0.2, 0) is 4.74 Å². The summed E-state index contributed by atoms with van der Waals surface area (Å²) in [7, 11) is 0. The standard InChI is InChI=1S/C15H25F2NO3/c1-10(12(19)13(16)17)7-15(9-21-14(20)18-15)8-11-5-3-2-4-6-11/h10-13,19H,2-9H2,1H3,(H,18,20)/t10?,12-,15-/m1/s1. The van der Waals surface area contributed by atoms with E-state index >= 15 is 0 Å². The third-order valence-corrected chi connectivity index (χ3v) is 4.80. The Hall–Kier alpha value is -0.910. The molecule has 0 aromatic rings. The average molecular weight is 305 g/mol. The van der Waals surface area contributed by atoms with Gasteiger partial charge in [0.25, 0.3) is 6.43 Å². The molecule has 1 unspecified atom stereocenters. The average Bonchev–Trinajstić information content (AvgIpc) is 2.79. The summed E-state index contributed by atoms with van der Waals surface area (Å²) in [4.78, 5) is 11.4. The van der Waals surface area contributed by atoms with Crippen molar-refractivity contribution in [1.82, 2.24) is 5.32 Å². The third-order valence-electron chi connectivity index (χ3n) is 4.80. The van der Waals surface area contributed by atoms with Crippen molar-refractivity contribution < 1.29 is 23.4 Å². The van der Waals surface area contributed by atoms with Gasteiger partial charge in [0.2, 0.25) is 0 Å². The minimum atomic E-state index is -2.76. The molecule has 1 saturated carbocycles. The third kappa shape index (κ3) is 4.28. The predicted molar refractivity (Wildman–Crippen MR) is 74.2 cm³/mol. The summed E-state index contributed by atoms with van der Waals surface area (Å²) in [5, 5.41) is 12.4. The van der Waals surface area contributed by atoms with Gasteiger partial charge in [0.1, 0.15) is 12.7 Å². The van der Waals surface area contributed by atoms with Crippen LogP contribution in [-0.4, -0.2) is 35.9 Å². The summed E-state index contributed by atoms with van der Waals surface area (Å²) in [6.07, 6.45) is 2.01. The molecule has 6 heteroatoms. The normalized spacial score (nSPS) is 30.0. The number of cyclic esters (lactones) is 1. The summed E-state index contributed by atoms with van der Waals surface area (Å²) >= 11 is 0. The topological polar surface area (TPSA) is 58.6 Å². The summed E-state index contributed by atoms with van der Waals surface area (Å²) in [5.74, 6) is -0.0905. The second kappa shape index (κ2) is 6.90. The lowest BCUT2D eigenvalue weighted by atomic mass is 9.75. The van der Waals surface area contributed by atoms with Crippen molar-refractivity contribution in [2.45, 2.75) is 69.9 Å². The summed E-state index contributed by atoms with van der Waals surface area (Å²) in [6, 6.07) is 0. The zero-order valence-electron chi connectivity index (χ0n) is 12.5. The fourth-order valence-corrected chi connectivity index (χ4v) is 3.72. The monoisotopic (exact) mass is 305 g/mol. The van der Waals surface area contributed by atoms with Gasteiger partial charge in [0, 0.05) is 0 Å². The van der Waals surface area contributed by atoms with Gasteiger partial charge in [-0.3, -0.25) is 0 Å². The molecular formula is C15H25F2NO3. The highest BCUT2D eigenvalue weighted by Gasteiger charge is 2.44. The van der Waals surface area contributed by atoms with Crippen LogP contribution in [0.4, 0.5) is 13.6 Å². The molecule has 1 amide bonds. The van der Waals surface area contributed by atoms with E-state index in [1.165, 1.54) is 19.3 Å². The number of hydrogen-bond donors (Lipinski definition) is 2. The van der Waals surface area contributed by atoms with Crippen molar-refractivity contribution >= 4 is 6.09 Å². The van der Waals surface area contributed by atoms with E-state index in [1.807, 2.05) is 0 Å². The molecule has 2 fully saturated rings. The van der Waals surface area contributed by atoms with Crippen LogP contribution in [0, 0.1) is 11.8 Å². The minimum absolute atomic E-state index is 0.211. The van der Waals surface area contributed by atoms with Crippen molar-refractivity contribution in [3.63, 3.8) is 0 Å². The Bertz CT molecular complexity index is 361. The van der Waals surface area contributed by atoms with Crippen LogP contribution >= 0.6 is 0 Å². The summed E-state index contributed by atoms with van der Waals surface area (Å²) in [5.41, 5.74) is -0.603. The van der Waals surface area contributed by atoms with E-state index < -0.39 is 30.1 Å². The van der Waals surface area contributed by atoms with E-state index in [0.717, 1.165) is 19.3 Å². The highest BCUT2D eigenvalue weighted by molar-refractivity contribution is 5.70. The quantitative estimate of drug-likeness (QED) is 0.793. The van der Waals surface area contributed by atoms with Gasteiger partial charge in [-0.1, -0.05) is 39.0 Å². The highest BCUT2D eigenvalue weighted by Crippen LogP contribution is 2.36. The van der Waals surface area contributed by atoms with Crippen LogP contribution in [0.2, 0.25) is 0 Å². The van der Waals surface area contributed by atoms with Gasteiger partial charge in [0.15, 0.2) is 0 Å². The lowest BCUT2D eigenvalue weighted by Gasteiger charge is -2.35. The van der Waals surface area contributed by atoms with Gasteiger partial charge in [-0.15, -0.1) is 0 Å². The maximum atomic E-state index is 12.6. The van der Waals surface area contributed by atoms with E-state index in [1.54, 1.807) is 6.92 Å². The van der Waals surface area contributed by atoms with Gasteiger partial charge in [0.05, 0.1) is 5.54 Å². The molecule has 4 nitrogen and oxygen atoms in total. The number of amides is 1. The number of aliphatic hydroxyl groups excluding tert-OH is 1. The Morgan fingerprint density at radius 1 is 1.38 bits per heavy atom. The minimum Gasteiger partial charge on any atom is -0.447 e. The van der Waals surface area contributed by atoms with Gasteiger partial charge in [-0.25, -0.2) is 13.6 Å². The van der Waals surface area contributed by atoms with Gasteiger partial charge in [-0.2, -0.15) is 0 Å². The number of nitrogens with one attached hydrogen (secondary N) is 1. The Labute approximate surface area is 124 Å². The number of carbonyl (C=O) groups excluding carboxylic acids is 1. The van der Waals surface area contributed by atoms with E-state index in [-0.39, 0.29) is 6.61 Å². The molecule has 0 bridgehead atoms. The molecule has 2 aliphatic rings. The van der Waals surface area contributed by atoms with Crippen LogP contribution in [0.15, 0.2) is 0 Å². The van der Waals surface area contributed by atoms with Crippen LogP contribution < -0.4 is 5.32 Å². The molecule has 2 rings (SSSR count). The molecule has 122 valence electrons. The smallest absolute Gasteiger partial charge is 0.407 e. The van der Waals surface area contributed by atoms with Gasteiger partial charge >= 0.3 is 6.09 Å². The maximum absolute atomic E-state index is 12.6. The van der Waals surface area contributed by atoms with Crippen molar-refractivity contribution in [2.75, 3.05) is 6.61 Å². The van der Waals surface area contributed by atoms with Crippen LogP contribution in [0.1, 0.15) is 51.9 Å². The largest absolute Gasteiger partial charge is 0.447 e. The van der Waals surface area contributed by atoms with Crippen molar-refractivity contribution in [1.29, 1.82) is 0 Å². The lowest BCUT2D eigenvalue weighted by Crippen LogP contribution is -2.48. The number of hydrogen-bond acceptors (Lipinski definition) is 3. The number of aliphatic hydroxyl groups is 1. The van der Waals surface area contributed by atoms with Crippen LogP contribution in [0.25, 0.3) is 0 Å². The van der Waals surface area contributed by atoms with E-state index in [2.05, 4.69) is 5.32 Å². The number of ether oxygens (including phenoxy) is 1. The van der Waals surface area contributed by atoms with E-state index in [0.29, 0.717) is 12.3 Å². The molecule has 1 aliphatic carbocycles. The molecule has 0 aromatic carbocycles. The number of alkyl carbamates (subject to hydrolysis) is 1. The van der Waals surface area contributed by atoms with Gasteiger partial charge < -0.3 is 15.2 Å². The number of alkyl halides is 2. The first kappa shape index (κ1) is 16.5. The molecular weight excluding hydrogens is 280 g/mol. The molecule has 0 radical (unpaired) electrons. The Morgan fingerprint density at radius 2 is 2.05 bits per heavy atom.